The van der Waals surface area contributed by atoms with Gasteiger partial charge in [-0.1, -0.05) is 33.6 Å². The number of hydrogen-bond donors (Lipinski definition) is 1. The van der Waals surface area contributed by atoms with Crippen LogP contribution < -0.4 is 0 Å². The van der Waals surface area contributed by atoms with Gasteiger partial charge in [0.2, 0.25) is 0 Å². The zero-order chi connectivity index (χ0) is 10.6. The van der Waals surface area contributed by atoms with Gasteiger partial charge in [-0.05, 0) is 31.0 Å². The molecule has 1 N–H and O–H groups in total. The van der Waals surface area contributed by atoms with Gasteiger partial charge in [0.25, 0.3) is 0 Å². The quantitative estimate of drug-likeness (QED) is 0.843. The first kappa shape index (κ1) is 11.0. The Labute approximate surface area is 91.4 Å². The van der Waals surface area contributed by atoms with E-state index in [0.29, 0.717) is 6.42 Å². The minimum atomic E-state index is -0.889. The number of carboxylic acids is 1. The average Bonchev–Trinajstić information content (AvgIpc) is 2.07. The van der Waals surface area contributed by atoms with Gasteiger partial charge in [0.05, 0.1) is 0 Å². The molecule has 1 aromatic carbocycles. The number of benzene rings is 1. The second-order valence-electron chi connectivity index (χ2n) is 3.13. The summed E-state index contributed by atoms with van der Waals surface area (Å²) < 4.78 is 1.03. The minimum Gasteiger partial charge on any atom is -0.478 e. The summed E-state index contributed by atoms with van der Waals surface area (Å²) in [6.07, 6.45) is 1.92. The van der Waals surface area contributed by atoms with Crippen LogP contribution in [0.1, 0.15) is 12.5 Å². The molecule has 2 nitrogen and oxygen atoms in total. The summed E-state index contributed by atoms with van der Waals surface area (Å²) in [6, 6.07) is 7.85. The number of carboxylic acid groups (broad SMARTS) is 1. The van der Waals surface area contributed by atoms with Crippen LogP contribution in [0, 0.1) is 0 Å². The number of carbonyl (C=O) groups is 1. The molecule has 1 aromatic rings. The lowest BCUT2D eigenvalue weighted by atomic mass is 10.1. The summed E-state index contributed by atoms with van der Waals surface area (Å²) in [5.74, 6) is -0.889. The Hall–Kier alpha value is -1.09. The lowest BCUT2D eigenvalue weighted by Gasteiger charge is -2.00. The molecule has 0 saturated heterocycles. The molecule has 0 aliphatic heterocycles. The van der Waals surface area contributed by atoms with Crippen LogP contribution in [-0.4, -0.2) is 11.1 Å². The van der Waals surface area contributed by atoms with Gasteiger partial charge in [-0.25, -0.2) is 4.79 Å². The van der Waals surface area contributed by atoms with Gasteiger partial charge in [-0.3, -0.25) is 0 Å². The molecule has 0 aliphatic rings. The highest BCUT2D eigenvalue weighted by atomic mass is 79.9. The number of rotatable bonds is 3. The van der Waals surface area contributed by atoms with Gasteiger partial charge < -0.3 is 5.11 Å². The molecule has 0 spiro atoms. The zero-order valence-corrected chi connectivity index (χ0v) is 9.41. The average molecular weight is 255 g/mol. The zero-order valence-electron chi connectivity index (χ0n) is 7.83. The van der Waals surface area contributed by atoms with Gasteiger partial charge in [-0.2, -0.15) is 0 Å². The van der Waals surface area contributed by atoms with E-state index < -0.39 is 5.97 Å². The summed E-state index contributed by atoms with van der Waals surface area (Å²) in [4.78, 5) is 10.4. The number of aliphatic carboxylic acids is 1. The van der Waals surface area contributed by atoms with E-state index >= 15 is 0 Å². The second-order valence-corrected chi connectivity index (χ2v) is 4.05. The molecule has 0 aliphatic carbocycles. The fourth-order valence-corrected chi connectivity index (χ4v) is 1.45. The molecule has 0 bridgehead atoms. The molecular formula is C11H11BrO2. The standard InChI is InChI=1S/C11H11BrO2/c1-8(7-11(13)14)6-9-2-4-10(12)5-3-9/h2-5,7H,6H2,1H3,(H,13,14). The number of hydrogen-bond acceptors (Lipinski definition) is 1. The van der Waals surface area contributed by atoms with Gasteiger partial charge in [0.1, 0.15) is 0 Å². The lowest BCUT2D eigenvalue weighted by molar-refractivity contribution is -0.131. The summed E-state index contributed by atoms with van der Waals surface area (Å²) in [5.41, 5.74) is 1.96. The topological polar surface area (TPSA) is 37.3 Å². The van der Waals surface area contributed by atoms with Crippen molar-refractivity contribution in [3.05, 3.63) is 46.0 Å². The minimum absolute atomic E-state index is 0.680. The number of halogens is 1. The van der Waals surface area contributed by atoms with Crippen LogP contribution in [0.4, 0.5) is 0 Å². The summed E-state index contributed by atoms with van der Waals surface area (Å²) in [6.45, 7) is 1.82. The fourth-order valence-electron chi connectivity index (χ4n) is 1.19. The third-order valence-electron chi connectivity index (χ3n) is 1.77. The third-order valence-corrected chi connectivity index (χ3v) is 2.29. The highest BCUT2D eigenvalue weighted by molar-refractivity contribution is 9.10. The van der Waals surface area contributed by atoms with E-state index in [1.54, 1.807) is 0 Å². The SMILES string of the molecule is CC(=CC(=O)O)Cc1ccc(Br)cc1. The van der Waals surface area contributed by atoms with Crippen LogP contribution >= 0.6 is 15.9 Å². The summed E-state index contributed by atoms with van der Waals surface area (Å²) in [5, 5.41) is 8.52. The van der Waals surface area contributed by atoms with Gasteiger partial charge >= 0.3 is 5.97 Å². The van der Waals surface area contributed by atoms with Crippen LogP contribution in [0.3, 0.4) is 0 Å². The molecule has 74 valence electrons. The van der Waals surface area contributed by atoms with E-state index in [1.807, 2.05) is 31.2 Å². The van der Waals surface area contributed by atoms with Crippen LogP contribution in [0.2, 0.25) is 0 Å². The first-order chi connectivity index (χ1) is 6.58. The van der Waals surface area contributed by atoms with Crippen molar-refractivity contribution in [1.29, 1.82) is 0 Å². The molecule has 1 rings (SSSR count). The van der Waals surface area contributed by atoms with E-state index in [4.69, 9.17) is 5.11 Å². The normalized spacial score (nSPS) is 11.4. The first-order valence-electron chi connectivity index (χ1n) is 4.22. The van der Waals surface area contributed by atoms with Crippen molar-refractivity contribution in [1.82, 2.24) is 0 Å². The predicted octanol–water partition coefficient (Wildman–Crippen LogP) is 3.02. The Kier molecular flexibility index (Phi) is 3.89. The van der Waals surface area contributed by atoms with Crippen molar-refractivity contribution in [2.75, 3.05) is 0 Å². The lowest BCUT2D eigenvalue weighted by Crippen LogP contribution is -1.93. The molecule has 3 heteroatoms. The Bertz CT molecular complexity index is 352. The Balaban J connectivity index is 2.69. The molecule has 0 aromatic heterocycles. The smallest absolute Gasteiger partial charge is 0.328 e. The molecule has 0 saturated carbocycles. The molecule has 0 atom stereocenters. The molecule has 0 fully saturated rings. The predicted molar refractivity (Wildman–Crippen MR) is 59.2 cm³/mol. The van der Waals surface area contributed by atoms with Gasteiger partial charge in [0, 0.05) is 10.5 Å². The highest BCUT2D eigenvalue weighted by Gasteiger charge is 1.97. The summed E-state index contributed by atoms with van der Waals surface area (Å²) >= 11 is 3.34. The van der Waals surface area contributed by atoms with E-state index in [-0.39, 0.29) is 0 Å². The third kappa shape index (κ3) is 3.75. The largest absolute Gasteiger partial charge is 0.478 e. The number of allylic oxidation sites excluding steroid dienone is 1. The fraction of sp³-hybridized carbons (Fsp3) is 0.182. The van der Waals surface area contributed by atoms with Crippen LogP contribution in [0.15, 0.2) is 40.4 Å². The van der Waals surface area contributed by atoms with Crippen molar-refractivity contribution < 1.29 is 9.90 Å². The van der Waals surface area contributed by atoms with Crippen molar-refractivity contribution in [2.24, 2.45) is 0 Å². The summed E-state index contributed by atoms with van der Waals surface area (Å²) in [7, 11) is 0. The van der Waals surface area contributed by atoms with Gasteiger partial charge in [-0.15, -0.1) is 0 Å². The maximum atomic E-state index is 10.4. The van der Waals surface area contributed by atoms with Crippen molar-refractivity contribution >= 4 is 21.9 Å². The molecule has 0 unspecified atom stereocenters. The van der Waals surface area contributed by atoms with Gasteiger partial charge in [0.15, 0.2) is 0 Å². The maximum Gasteiger partial charge on any atom is 0.328 e. The van der Waals surface area contributed by atoms with E-state index in [2.05, 4.69) is 15.9 Å². The molecule has 0 heterocycles. The monoisotopic (exact) mass is 254 g/mol. The van der Waals surface area contributed by atoms with Crippen molar-refractivity contribution in [3.8, 4) is 0 Å². The van der Waals surface area contributed by atoms with Crippen LogP contribution in [0.5, 0.6) is 0 Å². The van der Waals surface area contributed by atoms with Crippen LogP contribution in [0.25, 0.3) is 0 Å². The van der Waals surface area contributed by atoms with E-state index in [0.717, 1.165) is 15.6 Å². The molecular weight excluding hydrogens is 244 g/mol. The molecule has 14 heavy (non-hydrogen) atoms. The van der Waals surface area contributed by atoms with E-state index in [1.165, 1.54) is 6.08 Å². The van der Waals surface area contributed by atoms with E-state index in [9.17, 15) is 4.79 Å². The van der Waals surface area contributed by atoms with Crippen molar-refractivity contribution in [3.63, 3.8) is 0 Å². The van der Waals surface area contributed by atoms with Crippen LogP contribution in [-0.2, 0) is 11.2 Å². The first-order valence-corrected chi connectivity index (χ1v) is 5.02. The Morgan fingerprint density at radius 2 is 2.00 bits per heavy atom. The Morgan fingerprint density at radius 1 is 1.43 bits per heavy atom. The second kappa shape index (κ2) is 4.96. The van der Waals surface area contributed by atoms with Crippen molar-refractivity contribution in [2.45, 2.75) is 13.3 Å². The maximum absolute atomic E-state index is 10.4. The Morgan fingerprint density at radius 3 is 2.50 bits per heavy atom. The molecule has 0 radical (unpaired) electrons. The molecule has 0 amide bonds. The highest BCUT2D eigenvalue weighted by Crippen LogP contribution is 2.13.